The van der Waals surface area contributed by atoms with Crippen LogP contribution >= 0.6 is 11.3 Å². The van der Waals surface area contributed by atoms with Crippen LogP contribution < -0.4 is 5.32 Å². The van der Waals surface area contributed by atoms with E-state index in [0.717, 1.165) is 24.9 Å². The van der Waals surface area contributed by atoms with E-state index in [1.54, 1.807) is 23.7 Å². The first-order chi connectivity index (χ1) is 10.7. The largest absolute Gasteiger partial charge is 0.331 e. The number of aromatic nitrogens is 1. The van der Waals surface area contributed by atoms with Crippen LogP contribution in [0.2, 0.25) is 0 Å². The van der Waals surface area contributed by atoms with Crippen LogP contribution in [-0.2, 0) is 6.42 Å². The molecule has 5 heteroatoms. The van der Waals surface area contributed by atoms with Gasteiger partial charge in [-0.1, -0.05) is 6.92 Å². The number of urea groups is 1. The Balaban J connectivity index is 1.72. The number of carbonyl (C=O) groups is 1. The predicted molar refractivity (Wildman–Crippen MR) is 88.9 cm³/mol. The highest BCUT2D eigenvalue weighted by molar-refractivity contribution is 7.10. The van der Waals surface area contributed by atoms with Gasteiger partial charge in [0.1, 0.15) is 0 Å². The highest BCUT2D eigenvalue weighted by Gasteiger charge is 2.30. The first kappa shape index (κ1) is 15.0. The molecule has 0 unspecified atom stereocenters. The minimum atomic E-state index is -0.0168. The average Bonchev–Trinajstić information content (AvgIpc) is 3.03. The van der Waals surface area contributed by atoms with Crippen LogP contribution in [0.4, 0.5) is 4.79 Å². The van der Waals surface area contributed by atoms with E-state index in [1.807, 2.05) is 24.0 Å². The van der Waals surface area contributed by atoms with Crippen molar-refractivity contribution in [3.63, 3.8) is 0 Å². The topological polar surface area (TPSA) is 45.2 Å². The van der Waals surface area contributed by atoms with Gasteiger partial charge in [0, 0.05) is 23.8 Å². The SMILES string of the molecule is CC[C@H]1c2ccsc2CCN1C(=O)N[C@@H](C)c1ccncc1. The van der Waals surface area contributed by atoms with E-state index in [-0.39, 0.29) is 18.1 Å². The lowest BCUT2D eigenvalue weighted by Crippen LogP contribution is -2.45. The van der Waals surface area contributed by atoms with Gasteiger partial charge in [-0.2, -0.15) is 0 Å². The van der Waals surface area contributed by atoms with Crippen LogP contribution in [-0.4, -0.2) is 22.5 Å². The Labute approximate surface area is 135 Å². The first-order valence-corrected chi connectivity index (χ1v) is 8.62. The molecular formula is C17H21N3OS. The molecule has 116 valence electrons. The molecule has 0 saturated carbocycles. The predicted octanol–water partition coefficient (Wildman–Crippen LogP) is 3.92. The van der Waals surface area contributed by atoms with Gasteiger partial charge in [0.2, 0.25) is 0 Å². The average molecular weight is 315 g/mol. The molecule has 0 aromatic carbocycles. The molecule has 0 aliphatic carbocycles. The smallest absolute Gasteiger partial charge is 0.318 e. The van der Waals surface area contributed by atoms with Crippen molar-refractivity contribution < 1.29 is 4.79 Å². The van der Waals surface area contributed by atoms with Crippen LogP contribution in [0.5, 0.6) is 0 Å². The van der Waals surface area contributed by atoms with Gasteiger partial charge in [0.05, 0.1) is 12.1 Å². The summed E-state index contributed by atoms with van der Waals surface area (Å²) in [6.45, 7) is 4.94. The second-order valence-corrected chi connectivity index (χ2v) is 6.62. The molecule has 1 aliphatic rings. The molecule has 1 N–H and O–H groups in total. The summed E-state index contributed by atoms with van der Waals surface area (Å²) in [6.07, 6.45) is 5.41. The van der Waals surface area contributed by atoms with E-state index in [1.165, 1.54) is 10.4 Å². The number of amides is 2. The molecule has 2 amide bonds. The maximum absolute atomic E-state index is 12.7. The van der Waals surface area contributed by atoms with Crippen molar-refractivity contribution in [2.45, 2.75) is 38.8 Å². The van der Waals surface area contributed by atoms with E-state index < -0.39 is 0 Å². The second-order valence-electron chi connectivity index (χ2n) is 5.62. The summed E-state index contributed by atoms with van der Waals surface area (Å²) in [4.78, 5) is 20.1. The third-order valence-corrected chi connectivity index (χ3v) is 5.29. The van der Waals surface area contributed by atoms with Crippen LogP contribution in [0, 0.1) is 0 Å². The van der Waals surface area contributed by atoms with Gasteiger partial charge in [-0.05, 0) is 54.5 Å². The molecule has 2 aromatic heterocycles. The van der Waals surface area contributed by atoms with Gasteiger partial charge in [0.15, 0.2) is 0 Å². The van der Waals surface area contributed by atoms with Crippen LogP contribution in [0.3, 0.4) is 0 Å². The van der Waals surface area contributed by atoms with Gasteiger partial charge < -0.3 is 10.2 Å². The summed E-state index contributed by atoms with van der Waals surface area (Å²) < 4.78 is 0. The third kappa shape index (κ3) is 2.86. The van der Waals surface area contributed by atoms with Crippen molar-refractivity contribution in [3.05, 3.63) is 52.0 Å². The zero-order chi connectivity index (χ0) is 15.5. The maximum atomic E-state index is 12.7. The Morgan fingerprint density at radius 1 is 1.45 bits per heavy atom. The number of rotatable bonds is 3. The van der Waals surface area contributed by atoms with Crippen molar-refractivity contribution >= 4 is 17.4 Å². The lowest BCUT2D eigenvalue weighted by molar-refractivity contribution is 0.165. The Morgan fingerprint density at radius 3 is 2.95 bits per heavy atom. The Hall–Kier alpha value is -1.88. The summed E-state index contributed by atoms with van der Waals surface area (Å²) in [5, 5.41) is 5.25. The van der Waals surface area contributed by atoms with E-state index in [2.05, 4.69) is 28.7 Å². The lowest BCUT2D eigenvalue weighted by atomic mass is 9.98. The number of hydrogen-bond acceptors (Lipinski definition) is 3. The van der Waals surface area contributed by atoms with Crippen molar-refractivity contribution in [2.24, 2.45) is 0 Å². The summed E-state index contributed by atoms with van der Waals surface area (Å²) in [5.74, 6) is 0. The minimum Gasteiger partial charge on any atom is -0.331 e. The summed E-state index contributed by atoms with van der Waals surface area (Å²) in [6, 6.07) is 6.25. The maximum Gasteiger partial charge on any atom is 0.318 e. The molecule has 3 rings (SSSR count). The molecule has 1 aliphatic heterocycles. The molecule has 2 atom stereocenters. The molecular weight excluding hydrogens is 294 g/mol. The number of pyridine rings is 1. The number of fused-ring (bicyclic) bond motifs is 1. The van der Waals surface area contributed by atoms with Gasteiger partial charge in [-0.15, -0.1) is 11.3 Å². The fourth-order valence-corrected chi connectivity index (χ4v) is 4.01. The minimum absolute atomic E-state index is 0.0168. The van der Waals surface area contributed by atoms with Crippen LogP contribution in [0.15, 0.2) is 36.0 Å². The fraction of sp³-hybridized carbons (Fsp3) is 0.412. The van der Waals surface area contributed by atoms with Gasteiger partial charge in [-0.3, -0.25) is 4.98 Å². The van der Waals surface area contributed by atoms with Crippen LogP contribution in [0.25, 0.3) is 0 Å². The molecule has 0 bridgehead atoms. The quantitative estimate of drug-likeness (QED) is 0.933. The monoisotopic (exact) mass is 315 g/mol. The van der Waals surface area contributed by atoms with E-state index in [9.17, 15) is 4.79 Å². The molecule has 0 fully saturated rings. The highest BCUT2D eigenvalue weighted by atomic mass is 32.1. The standard InChI is InChI=1S/C17H21N3OS/c1-3-15-14-7-11-22-16(14)6-10-20(15)17(21)19-12(2)13-4-8-18-9-5-13/h4-5,7-9,11-12,15H,3,6,10H2,1-2H3,(H,19,21)/t12-,15-/m0/s1. The zero-order valence-electron chi connectivity index (χ0n) is 13.0. The normalized spacial score (nSPS) is 18.6. The van der Waals surface area contributed by atoms with E-state index in [4.69, 9.17) is 0 Å². The molecule has 0 radical (unpaired) electrons. The van der Waals surface area contributed by atoms with Crippen LogP contribution in [0.1, 0.15) is 48.4 Å². The van der Waals surface area contributed by atoms with Crippen molar-refractivity contribution in [1.82, 2.24) is 15.2 Å². The van der Waals surface area contributed by atoms with E-state index in [0.29, 0.717) is 0 Å². The Bertz CT molecular complexity index is 640. The van der Waals surface area contributed by atoms with Gasteiger partial charge in [-0.25, -0.2) is 4.79 Å². The second kappa shape index (κ2) is 6.48. The Kier molecular flexibility index (Phi) is 4.43. The highest BCUT2D eigenvalue weighted by Crippen LogP contribution is 2.35. The van der Waals surface area contributed by atoms with E-state index >= 15 is 0 Å². The summed E-state index contributed by atoms with van der Waals surface area (Å²) >= 11 is 1.80. The van der Waals surface area contributed by atoms with Crippen molar-refractivity contribution in [3.8, 4) is 0 Å². The Morgan fingerprint density at radius 2 is 2.23 bits per heavy atom. The van der Waals surface area contributed by atoms with Crippen molar-refractivity contribution in [2.75, 3.05) is 6.54 Å². The number of thiophene rings is 1. The first-order valence-electron chi connectivity index (χ1n) is 7.74. The van der Waals surface area contributed by atoms with Gasteiger partial charge >= 0.3 is 6.03 Å². The molecule has 3 heterocycles. The fourth-order valence-electron chi connectivity index (χ4n) is 3.08. The molecule has 4 nitrogen and oxygen atoms in total. The molecule has 22 heavy (non-hydrogen) atoms. The molecule has 0 saturated heterocycles. The number of nitrogens with one attached hydrogen (secondary N) is 1. The number of hydrogen-bond donors (Lipinski definition) is 1. The van der Waals surface area contributed by atoms with Gasteiger partial charge in [0.25, 0.3) is 0 Å². The number of carbonyl (C=O) groups excluding carboxylic acids is 1. The van der Waals surface area contributed by atoms with Crippen molar-refractivity contribution in [1.29, 1.82) is 0 Å². The number of nitrogens with zero attached hydrogens (tertiary/aromatic N) is 2. The summed E-state index contributed by atoms with van der Waals surface area (Å²) in [7, 11) is 0. The molecule has 0 spiro atoms. The third-order valence-electron chi connectivity index (χ3n) is 4.29. The zero-order valence-corrected chi connectivity index (χ0v) is 13.8. The lowest BCUT2D eigenvalue weighted by Gasteiger charge is -2.36. The molecule has 2 aromatic rings. The summed E-state index contributed by atoms with van der Waals surface area (Å²) in [5.41, 5.74) is 2.40.